The Bertz CT molecular complexity index is 995. The van der Waals surface area contributed by atoms with Crippen molar-refractivity contribution in [2.75, 3.05) is 31.0 Å². The van der Waals surface area contributed by atoms with Gasteiger partial charge in [0.1, 0.15) is 0 Å². The maximum absolute atomic E-state index is 12.8. The van der Waals surface area contributed by atoms with Crippen LogP contribution in [0.1, 0.15) is 35.2 Å². The summed E-state index contributed by atoms with van der Waals surface area (Å²) in [6.45, 7) is 3.00. The number of piperidine rings is 1. The molecule has 1 saturated heterocycles. The van der Waals surface area contributed by atoms with Crippen molar-refractivity contribution in [3.05, 3.63) is 59.7 Å². The summed E-state index contributed by atoms with van der Waals surface area (Å²) in [6.07, 6.45) is 3.06. The Morgan fingerprint density at radius 1 is 0.967 bits per heavy atom. The summed E-state index contributed by atoms with van der Waals surface area (Å²) in [7, 11) is -2.25. The molecule has 1 fully saturated rings. The number of hydrogen-bond donors (Lipinski definition) is 0. The van der Waals surface area contributed by atoms with E-state index < -0.39 is 16.0 Å². The van der Waals surface area contributed by atoms with Crippen molar-refractivity contribution in [1.29, 1.82) is 0 Å². The van der Waals surface area contributed by atoms with Crippen molar-refractivity contribution in [3.63, 3.8) is 0 Å². The highest BCUT2D eigenvalue weighted by molar-refractivity contribution is 7.92. The van der Waals surface area contributed by atoms with Gasteiger partial charge in [0.2, 0.25) is 0 Å². The van der Waals surface area contributed by atoms with Gasteiger partial charge < -0.3 is 9.64 Å². The van der Waals surface area contributed by atoms with Crippen LogP contribution in [0.2, 0.25) is 0 Å². The number of aryl methyl sites for hydroxylation is 1. The number of rotatable bonds is 6. The Hall–Kier alpha value is -2.87. The minimum atomic E-state index is -3.71. The number of anilines is 1. The second kappa shape index (κ2) is 9.30. The highest BCUT2D eigenvalue weighted by Crippen LogP contribution is 2.23. The molecule has 8 heteroatoms. The lowest BCUT2D eigenvalue weighted by molar-refractivity contribution is -0.135. The van der Waals surface area contributed by atoms with Crippen LogP contribution in [0.3, 0.4) is 0 Å². The van der Waals surface area contributed by atoms with E-state index in [-0.39, 0.29) is 23.0 Å². The third kappa shape index (κ3) is 4.99. The van der Waals surface area contributed by atoms with Crippen molar-refractivity contribution < 1.29 is 22.7 Å². The van der Waals surface area contributed by atoms with E-state index in [0.29, 0.717) is 18.8 Å². The number of carbonyl (C=O) groups excluding carboxylic acids is 2. The van der Waals surface area contributed by atoms with Crippen LogP contribution in [0.4, 0.5) is 5.69 Å². The third-order valence-corrected chi connectivity index (χ3v) is 6.98. The first kappa shape index (κ1) is 21.8. The summed E-state index contributed by atoms with van der Waals surface area (Å²) in [5, 5.41) is 0. The van der Waals surface area contributed by atoms with Gasteiger partial charge in [-0.3, -0.25) is 9.10 Å². The number of nitrogens with zero attached hydrogens (tertiary/aromatic N) is 2. The number of benzene rings is 2. The molecule has 0 N–H and O–H groups in total. The van der Waals surface area contributed by atoms with Crippen molar-refractivity contribution >= 4 is 27.6 Å². The summed E-state index contributed by atoms with van der Waals surface area (Å²) < 4.78 is 31.9. The van der Waals surface area contributed by atoms with Gasteiger partial charge in [-0.1, -0.05) is 17.7 Å². The average molecular weight is 431 g/mol. The van der Waals surface area contributed by atoms with Crippen LogP contribution < -0.4 is 4.31 Å². The Balaban J connectivity index is 1.62. The van der Waals surface area contributed by atoms with Crippen molar-refractivity contribution in [2.24, 2.45) is 0 Å². The lowest BCUT2D eigenvalue weighted by atomic mass is 10.1. The molecule has 0 bridgehead atoms. The van der Waals surface area contributed by atoms with Crippen molar-refractivity contribution in [1.82, 2.24) is 4.90 Å². The van der Waals surface area contributed by atoms with Crippen molar-refractivity contribution in [3.8, 4) is 0 Å². The second-order valence-electron chi connectivity index (χ2n) is 7.35. The molecule has 0 unspecified atom stereocenters. The molecule has 30 heavy (non-hydrogen) atoms. The molecule has 0 atom stereocenters. The molecule has 1 amide bonds. The van der Waals surface area contributed by atoms with E-state index in [0.717, 1.165) is 29.1 Å². The molecular formula is C22H26N2O5S. The largest absolute Gasteiger partial charge is 0.452 e. The van der Waals surface area contributed by atoms with Crippen molar-refractivity contribution in [2.45, 2.75) is 31.1 Å². The zero-order valence-corrected chi connectivity index (χ0v) is 18.0. The molecule has 3 rings (SSSR count). The van der Waals surface area contributed by atoms with Crippen LogP contribution in [0, 0.1) is 6.92 Å². The van der Waals surface area contributed by atoms with Gasteiger partial charge >= 0.3 is 5.97 Å². The molecule has 7 nitrogen and oxygen atoms in total. The lowest BCUT2D eigenvalue weighted by Crippen LogP contribution is -2.38. The zero-order chi connectivity index (χ0) is 21.7. The minimum Gasteiger partial charge on any atom is -0.452 e. The summed E-state index contributed by atoms with van der Waals surface area (Å²) in [5.74, 6) is -0.806. The van der Waals surface area contributed by atoms with Gasteiger partial charge in [-0.05, 0) is 62.6 Å². The summed E-state index contributed by atoms with van der Waals surface area (Å²) >= 11 is 0. The number of hydrogen-bond acceptors (Lipinski definition) is 5. The Morgan fingerprint density at radius 3 is 2.17 bits per heavy atom. The number of amides is 1. The highest BCUT2D eigenvalue weighted by atomic mass is 32.2. The first-order valence-corrected chi connectivity index (χ1v) is 11.3. The fourth-order valence-corrected chi connectivity index (χ4v) is 4.46. The number of esters is 1. The molecule has 0 aliphatic carbocycles. The fraction of sp³-hybridized carbons (Fsp3) is 0.364. The fourth-order valence-electron chi connectivity index (χ4n) is 3.26. The summed E-state index contributed by atoms with van der Waals surface area (Å²) in [5.41, 5.74) is 1.64. The first-order valence-electron chi connectivity index (χ1n) is 9.89. The molecule has 0 radical (unpaired) electrons. The number of likely N-dealkylation sites (tertiary alicyclic amines) is 1. The number of ether oxygens (including phenoxy) is 1. The van der Waals surface area contributed by atoms with Crippen LogP contribution >= 0.6 is 0 Å². The topological polar surface area (TPSA) is 84.0 Å². The predicted molar refractivity (Wildman–Crippen MR) is 114 cm³/mol. The summed E-state index contributed by atoms with van der Waals surface area (Å²) in [4.78, 5) is 26.3. The standard InChI is InChI=1S/C22H26N2O5S/c1-17-6-12-20(13-7-17)30(27,28)23(2)19-10-8-18(9-11-19)22(26)29-16-21(25)24-14-4-3-5-15-24/h6-13H,3-5,14-16H2,1-2H3. The van der Waals surface area contributed by atoms with Gasteiger partial charge in [0.05, 0.1) is 16.1 Å². The Morgan fingerprint density at radius 2 is 1.57 bits per heavy atom. The maximum Gasteiger partial charge on any atom is 0.338 e. The predicted octanol–water partition coefficient (Wildman–Crippen LogP) is 2.99. The Labute approximate surface area is 177 Å². The number of carbonyl (C=O) groups is 2. The first-order chi connectivity index (χ1) is 14.3. The SMILES string of the molecule is Cc1ccc(S(=O)(=O)N(C)c2ccc(C(=O)OCC(=O)N3CCCCC3)cc2)cc1. The maximum atomic E-state index is 12.8. The zero-order valence-electron chi connectivity index (χ0n) is 17.2. The van der Waals surface area contributed by atoms with E-state index in [1.54, 1.807) is 29.2 Å². The molecule has 0 saturated carbocycles. The number of sulfonamides is 1. The monoisotopic (exact) mass is 430 g/mol. The molecule has 1 aliphatic heterocycles. The van der Waals surface area contributed by atoms with Gasteiger partial charge in [0.15, 0.2) is 6.61 Å². The van der Waals surface area contributed by atoms with Crippen LogP contribution in [-0.2, 0) is 19.6 Å². The lowest BCUT2D eigenvalue weighted by Gasteiger charge is -2.26. The average Bonchev–Trinajstić information content (AvgIpc) is 2.77. The normalized spacial score (nSPS) is 14.3. The summed E-state index contributed by atoms with van der Waals surface area (Å²) in [6, 6.07) is 12.7. The van der Waals surface area contributed by atoms with Crippen LogP contribution in [0.25, 0.3) is 0 Å². The molecular weight excluding hydrogens is 404 g/mol. The van der Waals surface area contributed by atoms with E-state index in [1.807, 2.05) is 6.92 Å². The van der Waals surface area contributed by atoms with E-state index in [4.69, 9.17) is 4.74 Å². The van der Waals surface area contributed by atoms with Gasteiger partial charge in [-0.15, -0.1) is 0 Å². The van der Waals surface area contributed by atoms with Crippen LogP contribution in [0.5, 0.6) is 0 Å². The quantitative estimate of drug-likeness (QED) is 0.658. The van der Waals surface area contributed by atoms with E-state index in [2.05, 4.69) is 0 Å². The third-order valence-electron chi connectivity index (χ3n) is 5.18. The van der Waals surface area contributed by atoms with Gasteiger partial charge in [-0.25, -0.2) is 13.2 Å². The molecule has 160 valence electrons. The van der Waals surface area contributed by atoms with E-state index in [9.17, 15) is 18.0 Å². The second-order valence-corrected chi connectivity index (χ2v) is 9.32. The van der Waals surface area contributed by atoms with Gasteiger partial charge in [-0.2, -0.15) is 0 Å². The molecule has 0 spiro atoms. The highest BCUT2D eigenvalue weighted by Gasteiger charge is 2.22. The van der Waals surface area contributed by atoms with Gasteiger partial charge in [0.25, 0.3) is 15.9 Å². The van der Waals surface area contributed by atoms with Crippen LogP contribution in [-0.4, -0.2) is 51.9 Å². The molecule has 1 heterocycles. The van der Waals surface area contributed by atoms with E-state index in [1.165, 1.54) is 31.3 Å². The molecule has 2 aromatic rings. The Kier molecular flexibility index (Phi) is 6.77. The van der Waals surface area contributed by atoms with E-state index >= 15 is 0 Å². The van der Waals surface area contributed by atoms with Gasteiger partial charge in [0, 0.05) is 20.1 Å². The van der Waals surface area contributed by atoms with Crippen LogP contribution in [0.15, 0.2) is 53.4 Å². The molecule has 2 aromatic carbocycles. The molecule has 1 aliphatic rings. The smallest absolute Gasteiger partial charge is 0.338 e. The molecule has 0 aromatic heterocycles. The minimum absolute atomic E-state index is 0.190.